The fourth-order valence-electron chi connectivity index (χ4n) is 3.34. The summed E-state index contributed by atoms with van der Waals surface area (Å²) in [5, 5.41) is 12.4. The van der Waals surface area contributed by atoms with Crippen LogP contribution in [0.4, 0.5) is 11.4 Å². The lowest BCUT2D eigenvalue weighted by Crippen LogP contribution is -2.43. The third-order valence-electron chi connectivity index (χ3n) is 4.67. The maximum atomic E-state index is 12.9. The number of amides is 3. The van der Waals surface area contributed by atoms with E-state index in [1.807, 2.05) is 0 Å². The van der Waals surface area contributed by atoms with E-state index in [-0.39, 0.29) is 6.54 Å². The molecule has 0 spiro atoms. The Hall–Kier alpha value is -3.17. The SMILES string of the molecule is COc1ccc(Cl)cc1NC(=O)CN1N=N[C@@H]2C(=O)N(c3cccc(Cl)c3)C(=O)[C@@H]21. The molecule has 0 unspecified atom stereocenters. The molecule has 0 radical (unpaired) electrons. The number of nitrogens with zero attached hydrogens (tertiary/aromatic N) is 4. The molecule has 1 N–H and O–H groups in total. The summed E-state index contributed by atoms with van der Waals surface area (Å²) in [6, 6.07) is 9.16. The fraction of sp³-hybridized carbons (Fsp3) is 0.211. The highest BCUT2D eigenvalue weighted by atomic mass is 35.5. The second-order valence-corrected chi connectivity index (χ2v) is 7.45. The molecule has 2 aromatic rings. The molecule has 9 nitrogen and oxygen atoms in total. The zero-order valence-corrected chi connectivity index (χ0v) is 17.1. The van der Waals surface area contributed by atoms with Gasteiger partial charge in [-0.3, -0.25) is 19.4 Å². The van der Waals surface area contributed by atoms with Crippen LogP contribution in [0.2, 0.25) is 10.0 Å². The monoisotopic (exact) mass is 447 g/mol. The van der Waals surface area contributed by atoms with Crippen LogP contribution in [0.1, 0.15) is 0 Å². The van der Waals surface area contributed by atoms with Crippen LogP contribution in [0.25, 0.3) is 0 Å². The summed E-state index contributed by atoms with van der Waals surface area (Å²) in [5.41, 5.74) is 0.715. The van der Waals surface area contributed by atoms with Gasteiger partial charge in [0.2, 0.25) is 5.91 Å². The van der Waals surface area contributed by atoms with Gasteiger partial charge < -0.3 is 10.1 Å². The van der Waals surface area contributed by atoms with E-state index in [0.29, 0.717) is 27.2 Å². The lowest BCUT2D eigenvalue weighted by Gasteiger charge is -2.20. The van der Waals surface area contributed by atoms with Crippen molar-refractivity contribution in [3.63, 3.8) is 0 Å². The third-order valence-corrected chi connectivity index (χ3v) is 5.14. The summed E-state index contributed by atoms with van der Waals surface area (Å²) in [5.74, 6) is -1.09. The van der Waals surface area contributed by atoms with Gasteiger partial charge in [-0.1, -0.05) is 34.5 Å². The van der Waals surface area contributed by atoms with E-state index >= 15 is 0 Å². The number of hydrogen-bond donors (Lipinski definition) is 1. The van der Waals surface area contributed by atoms with Gasteiger partial charge in [0.15, 0.2) is 12.1 Å². The second kappa shape index (κ2) is 7.92. The molecule has 1 fully saturated rings. The van der Waals surface area contributed by atoms with Crippen LogP contribution in [-0.2, 0) is 14.4 Å². The Kier molecular flexibility index (Phi) is 5.31. The molecule has 2 aliphatic heterocycles. The minimum Gasteiger partial charge on any atom is -0.495 e. The summed E-state index contributed by atoms with van der Waals surface area (Å²) < 4.78 is 5.20. The molecule has 154 valence electrons. The molecule has 2 atom stereocenters. The summed E-state index contributed by atoms with van der Waals surface area (Å²) in [4.78, 5) is 39.2. The van der Waals surface area contributed by atoms with Gasteiger partial charge in [0.05, 0.1) is 18.5 Å². The molecular weight excluding hydrogens is 433 g/mol. The van der Waals surface area contributed by atoms with Crippen LogP contribution >= 0.6 is 23.2 Å². The van der Waals surface area contributed by atoms with Crippen molar-refractivity contribution in [3.05, 3.63) is 52.5 Å². The molecule has 0 saturated carbocycles. The minimum atomic E-state index is -1.01. The number of carbonyl (C=O) groups excluding carboxylic acids is 3. The molecule has 3 amide bonds. The standard InChI is InChI=1S/C19H15Cl2N5O4/c1-30-14-6-5-11(21)8-13(14)22-15(27)9-25-17-16(23-24-25)18(28)26(19(17)29)12-4-2-3-10(20)7-12/h2-8,16-17H,9H2,1H3,(H,22,27)/t16-,17+/m0/s1. The first-order chi connectivity index (χ1) is 14.4. The molecule has 2 aliphatic rings. The Morgan fingerprint density at radius 2 is 1.90 bits per heavy atom. The van der Waals surface area contributed by atoms with Crippen molar-refractivity contribution in [1.82, 2.24) is 5.01 Å². The number of methoxy groups -OCH3 is 1. The van der Waals surface area contributed by atoms with Crippen molar-refractivity contribution in [1.29, 1.82) is 0 Å². The third kappa shape index (κ3) is 3.57. The van der Waals surface area contributed by atoms with Crippen molar-refractivity contribution in [2.45, 2.75) is 12.1 Å². The van der Waals surface area contributed by atoms with E-state index in [4.69, 9.17) is 27.9 Å². The van der Waals surface area contributed by atoms with E-state index in [9.17, 15) is 14.4 Å². The molecule has 1 saturated heterocycles. The number of imide groups is 1. The maximum Gasteiger partial charge on any atom is 0.263 e. The Morgan fingerprint density at radius 1 is 1.13 bits per heavy atom. The number of nitrogens with one attached hydrogen (secondary N) is 1. The van der Waals surface area contributed by atoms with Gasteiger partial charge in [-0.25, -0.2) is 4.90 Å². The molecule has 4 rings (SSSR count). The Labute approximate surface area is 181 Å². The lowest BCUT2D eigenvalue weighted by molar-refractivity contribution is -0.123. The van der Waals surface area contributed by atoms with Gasteiger partial charge >= 0.3 is 0 Å². The molecule has 0 bridgehead atoms. The first-order valence-electron chi connectivity index (χ1n) is 8.83. The summed E-state index contributed by atoms with van der Waals surface area (Å²) in [6.45, 7) is -0.289. The van der Waals surface area contributed by atoms with Crippen LogP contribution < -0.4 is 15.0 Å². The number of benzene rings is 2. The smallest absolute Gasteiger partial charge is 0.263 e. The number of hydrogen-bond acceptors (Lipinski definition) is 7. The van der Waals surface area contributed by atoms with Crippen molar-refractivity contribution in [2.24, 2.45) is 10.3 Å². The van der Waals surface area contributed by atoms with Crippen LogP contribution in [0.3, 0.4) is 0 Å². The van der Waals surface area contributed by atoms with Gasteiger partial charge in [0.25, 0.3) is 11.8 Å². The van der Waals surface area contributed by atoms with Crippen molar-refractivity contribution in [2.75, 3.05) is 23.9 Å². The van der Waals surface area contributed by atoms with Gasteiger partial charge in [-0.05, 0) is 36.4 Å². The molecule has 2 aromatic carbocycles. The van der Waals surface area contributed by atoms with Gasteiger partial charge in [0, 0.05) is 10.0 Å². The van der Waals surface area contributed by atoms with Crippen LogP contribution in [0, 0.1) is 0 Å². The molecule has 11 heteroatoms. The van der Waals surface area contributed by atoms with E-state index in [1.165, 1.54) is 24.3 Å². The predicted molar refractivity (Wildman–Crippen MR) is 110 cm³/mol. The zero-order valence-electron chi connectivity index (χ0n) is 15.6. The summed E-state index contributed by atoms with van der Waals surface area (Å²) in [7, 11) is 1.46. The number of rotatable bonds is 5. The molecular formula is C19H15Cl2N5O4. The van der Waals surface area contributed by atoms with Crippen LogP contribution in [-0.4, -0.2) is 48.5 Å². The Morgan fingerprint density at radius 3 is 2.63 bits per heavy atom. The molecule has 0 aliphatic carbocycles. The molecule has 2 heterocycles. The average molecular weight is 448 g/mol. The van der Waals surface area contributed by atoms with E-state index < -0.39 is 29.8 Å². The zero-order chi connectivity index (χ0) is 21.4. The second-order valence-electron chi connectivity index (χ2n) is 6.58. The van der Waals surface area contributed by atoms with Gasteiger partial charge in [-0.15, -0.1) is 0 Å². The molecule has 30 heavy (non-hydrogen) atoms. The van der Waals surface area contributed by atoms with E-state index in [1.54, 1.807) is 30.3 Å². The number of carbonyl (C=O) groups is 3. The first-order valence-corrected chi connectivity index (χ1v) is 9.59. The van der Waals surface area contributed by atoms with Crippen molar-refractivity contribution >= 4 is 52.3 Å². The van der Waals surface area contributed by atoms with E-state index in [0.717, 1.165) is 4.90 Å². The lowest BCUT2D eigenvalue weighted by atomic mass is 10.1. The average Bonchev–Trinajstić information content (AvgIpc) is 3.21. The van der Waals surface area contributed by atoms with Crippen LogP contribution in [0.5, 0.6) is 5.75 Å². The Bertz CT molecular complexity index is 1080. The normalized spacial score (nSPS) is 20.0. The first kappa shape index (κ1) is 20.1. The minimum absolute atomic E-state index is 0.289. The Balaban J connectivity index is 1.50. The topological polar surface area (TPSA) is 104 Å². The maximum absolute atomic E-state index is 12.9. The van der Waals surface area contributed by atoms with Gasteiger partial charge in [0.1, 0.15) is 12.3 Å². The largest absolute Gasteiger partial charge is 0.495 e. The molecule has 0 aromatic heterocycles. The van der Waals surface area contributed by atoms with Crippen molar-refractivity contribution < 1.29 is 19.1 Å². The fourth-order valence-corrected chi connectivity index (χ4v) is 3.69. The number of halogens is 2. The summed E-state index contributed by atoms with van der Waals surface area (Å²) >= 11 is 11.9. The van der Waals surface area contributed by atoms with Gasteiger partial charge in [-0.2, -0.15) is 5.11 Å². The number of ether oxygens (including phenoxy) is 1. The summed E-state index contributed by atoms with van der Waals surface area (Å²) in [6.07, 6.45) is 0. The number of anilines is 2. The van der Waals surface area contributed by atoms with Crippen molar-refractivity contribution in [3.8, 4) is 5.75 Å². The highest BCUT2D eigenvalue weighted by Gasteiger charge is 2.55. The van der Waals surface area contributed by atoms with Crippen LogP contribution in [0.15, 0.2) is 52.8 Å². The highest BCUT2D eigenvalue weighted by Crippen LogP contribution is 2.33. The predicted octanol–water partition coefficient (Wildman–Crippen LogP) is 2.93. The highest BCUT2D eigenvalue weighted by molar-refractivity contribution is 6.32. The van der Waals surface area contributed by atoms with E-state index in [2.05, 4.69) is 15.7 Å². The number of fused-ring (bicyclic) bond motifs is 1. The quantitative estimate of drug-likeness (QED) is 0.709.